The average Bonchev–Trinajstić information content (AvgIpc) is 2.27. The summed E-state index contributed by atoms with van der Waals surface area (Å²) in [4.78, 5) is 0. The topological polar surface area (TPSA) is 55.5 Å². The first-order valence-corrected chi connectivity index (χ1v) is 6.02. The molecule has 0 radical (unpaired) electrons. The minimum atomic E-state index is -0.898. The van der Waals surface area contributed by atoms with Crippen LogP contribution in [0.4, 0.5) is 4.39 Å². The summed E-state index contributed by atoms with van der Waals surface area (Å²) in [5.41, 5.74) is 6.13. The van der Waals surface area contributed by atoms with Crippen molar-refractivity contribution in [1.82, 2.24) is 0 Å². The lowest BCUT2D eigenvalue weighted by atomic mass is 9.83. The Morgan fingerprint density at radius 2 is 2.00 bits per heavy atom. The number of benzene rings is 1. The van der Waals surface area contributed by atoms with E-state index in [2.05, 4.69) is 0 Å². The van der Waals surface area contributed by atoms with Crippen LogP contribution in [0.15, 0.2) is 18.2 Å². The van der Waals surface area contributed by atoms with Crippen LogP contribution in [-0.4, -0.2) is 18.3 Å². The number of nitrogens with two attached hydrogens (primary N) is 1. The lowest BCUT2D eigenvalue weighted by Gasteiger charge is -2.29. The van der Waals surface area contributed by atoms with Gasteiger partial charge in [0.2, 0.25) is 0 Å². The van der Waals surface area contributed by atoms with Crippen LogP contribution in [0, 0.1) is 11.2 Å². The van der Waals surface area contributed by atoms with Gasteiger partial charge in [-0.15, -0.1) is 0 Å². The Bertz CT molecular complexity index is 401. The fourth-order valence-electron chi connectivity index (χ4n) is 1.63. The van der Waals surface area contributed by atoms with Crippen molar-refractivity contribution < 1.29 is 14.2 Å². The molecule has 0 unspecified atom stereocenters. The summed E-state index contributed by atoms with van der Waals surface area (Å²) in [6, 6.07) is 4.23. The fraction of sp³-hybridized carbons (Fsp3) is 0.571. The van der Waals surface area contributed by atoms with E-state index in [1.165, 1.54) is 19.2 Å². The van der Waals surface area contributed by atoms with Crippen LogP contribution in [0.5, 0.6) is 5.75 Å². The van der Waals surface area contributed by atoms with Gasteiger partial charge in [-0.2, -0.15) is 0 Å². The summed E-state index contributed by atoms with van der Waals surface area (Å²) in [7, 11) is 1.47. The van der Waals surface area contributed by atoms with E-state index >= 15 is 0 Å². The summed E-state index contributed by atoms with van der Waals surface area (Å²) >= 11 is 0. The number of aliphatic hydroxyl groups is 1. The van der Waals surface area contributed by atoms with Crippen LogP contribution in [-0.2, 0) is 0 Å². The Labute approximate surface area is 108 Å². The molecule has 0 heterocycles. The number of halogens is 1. The van der Waals surface area contributed by atoms with Gasteiger partial charge in [-0.3, -0.25) is 0 Å². The van der Waals surface area contributed by atoms with Gasteiger partial charge in [-0.25, -0.2) is 4.39 Å². The molecule has 2 atom stereocenters. The zero-order chi connectivity index (χ0) is 13.9. The van der Waals surface area contributed by atoms with Gasteiger partial charge in [0.15, 0.2) is 0 Å². The van der Waals surface area contributed by atoms with Gasteiger partial charge in [0.1, 0.15) is 11.6 Å². The van der Waals surface area contributed by atoms with E-state index in [1.807, 2.05) is 20.8 Å². The minimum Gasteiger partial charge on any atom is -0.497 e. The van der Waals surface area contributed by atoms with Crippen LogP contribution < -0.4 is 10.5 Å². The van der Waals surface area contributed by atoms with Gasteiger partial charge in [-0.1, -0.05) is 20.8 Å². The van der Waals surface area contributed by atoms with Gasteiger partial charge < -0.3 is 15.6 Å². The molecule has 0 aliphatic heterocycles. The third-order valence-electron chi connectivity index (χ3n) is 3.16. The first-order chi connectivity index (χ1) is 8.25. The molecule has 0 saturated heterocycles. The molecule has 3 N–H and O–H groups in total. The van der Waals surface area contributed by atoms with Crippen molar-refractivity contribution in [3.05, 3.63) is 29.6 Å². The molecular weight excluding hydrogens is 233 g/mol. The maximum absolute atomic E-state index is 13.8. The molecule has 0 amide bonds. The first-order valence-electron chi connectivity index (χ1n) is 6.02. The van der Waals surface area contributed by atoms with Crippen molar-refractivity contribution in [3.63, 3.8) is 0 Å². The van der Waals surface area contributed by atoms with Gasteiger partial charge in [0, 0.05) is 17.7 Å². The van der Waals surface area contributed by atoms with E-state index < -0.39 is 11.9 Å². The predicted molar refractivity (Wildman–Crippen MR) is 70.0 cm³/mol. The van der Waals surface area contributed by atoms with Crippen LogP contribution in [0.3, 0.4) is 0 Å². The number of ether oxygens (including phenoxy) is 1. The number of rotatable bonds is 4. The average molecular weight is 255 g/mol. The summed E-state index contributed by atoms with van der Waals surface area (Å²) in [5, 5.41) is 10.0. The SMILES string of the molecule is COc1ccc([C@H](O)C[C@H](N)C(C)(C)C)c(F)c1. The molecule has 1 aromatic carbocycles. The number of aliphatic hydroxyl groups excluding tert-OH is 1. The molecule has 4 heteroatoms. The van der Waals surface area contributed by atoms with Crippen molar-refractivity contribution in [1.29, 1.82) is 0 Å². The molecular formula is C14H22FNO2. The van der Waals surface area contributed by atoms with Crippen molar-refractivity contribution in [2.24, 2.45) is 11.1 Å². The minimum absolute atomic E-state index is 0.121. The van der Waals surface area contributed by atoms with Crippen LogP contribution in [0.2, 0.25) is 0 Å². The summed E-state index contributed by atoms with van der Waals surface area (Å²) < 4.78 is 18.7. The maximum Gasteiger partial charge on any atom is 0.132 e. The Morgan fingerprint density at radius 1 is 1.39 bits per heavy atom. The predicted octanol–water partition coefficient (Wildman–Crippen LogP) is 2.63. The highest BCUT2D eigenvalue weighted by Crippen LogP contribution is 2.29. The summed E-state index contributed by atoms with van der Waals surface area (Å²) in [6.45, 7) is 5.98. The maximum atomic E-state index is 13.8. The molecule has 1 rings (SSSR count). The van der Waals surface area contributed by atoms with Crippen molar-refractivity contribution in [2.75, 3.05) is 7.11 Å². The quantitative estimate of drug-likeness (QED) is 0.869. The number of hydrogen-bond acceptors (Lipinski definition) is 3. The second-order valence-electron chi connectivity index (χ2n) is 5.61. The molecule has 102 valence electrons. The molecule has 0 bridgehead atoms. The Morgan fingerprint density at radius 3 is 2.44 bits per heavy atom. The van der Waals surface area contributed by atoms with E-state index in [4.69, 9.17) is 10.5 Å². The lowest BCUT2D eigenvalue weighted by Crippen LogP contribution is -2.36. The van der Waals surface area contributed by atoms with E-state index in [-0.39, 0.29) is 17.0 Å². The molecule has 0 fully saturated rings. The van der Waals surface area contributed by atoms with Crippen molar-refractivity contribution in [2.45, 2.75) is 39.3 Å². The van der Waals surface area contributed by atoms with Crippen LogP contribution >= 0.6 is 0 Å². The molecule has 1 aromatic rings. The zero-order valence-electron chi connectivity index (χ0n) is 11.4. The largest absolute Gasteiger partial charge is 0.497 e. The van der Waals surface area contributed by atoms with Crippen molar-refractivity contribution in [3.8, 4) is 5.75 Å². The molecule has 0 saturated carbocycles. The zero-order valence-corrected chi connectivity index (χ0v) is 11.4. The van der Waals surface area contributed by atoms with Crippen LogP contribution in [0.25, 0.3) is 0 Å². The Balaban J connectivity index is 2.81. The van der Waals surface area contributed by atoms with E-state index in [0.29, 0.717) is 12.2 Å². The van der Waals surface area contributed by atoms with E-state index in [0.717, 1.165) is 0 Å². The van der Waals surface area contributed by atoms with Gasteiger partial charge in [0.25, 0.3) is 0 Å². The molecule has 0 aliphatic carbocycles. The molecule has 0 spiro atoms. The van der Waals surface area contributed by atoms with Gasteiger partial charge >= 0.3 is 0 Å². The molecule has 18 heavy (non-hydrogen) atoms. The van der Waals surface area contributed by atoms with Crippen molar-refractivity contribution >= 4 is 0 Å². The second kappa shape index (κ2) is 5.67. The fourth-order valence-corrected chi connectivity index (χ4v) is 1.63. The highest BCUT2D eigenvalue weighted by molar-refractivity contribution is 5.30. The normalized spacial score (nSPS) is 15.3. The summed E-state index contributed by atoms with van der Waals surface area (Å²) in [6.07, 6.45) is -0.572. The second-order valence-corrected chi connectivity index (χ2v) is 5.61. The highest BCUT2D eigenvalue weighted by Gasteiger charge is 2.25. The number of hydrogen-bond donors (Lipinski definition) is 2. The highest BCUT2D eigenvalue weighted by atomic mass is 19.1. The van der Waals surface area contributed by atoms with Gasteiger partial charge in [-0.05, 0) is 24.0 Å². The van der Waals surface area contributed by atoms with E-state index in [1.54, 1.807) is 6.07 Å². The molecule has 0 aliphatic rings. The number of methoxy groups -OCH3 is 1. The molecule has 0 aromatic heterocycles. The summed E-state index contributed by atoms with van der Waals surface area (Å²) in [5.74, 6) is -0.0356. The third-order valence-corrected chi connectivity index (χ3v) is 3.16. The first kappa shape index (κ1) is 14.9. The van der Waals surface area contributed by atoms with Crippen LogP contribution in [0.1, 0.15) is 38.9 Å². The smallest absolute Gasteiger partial charge is 0.132 e. The standard InChI is InChI=1S/C14H22FNO2/c1-14(2,3)13(16)8-12(17)10-6-5-9(18-4)7-11(10)15/h5-7,12-13,17H,8,16H2,1-4H3/t12-,13+/m1/s1. The van der Waals surface area contributed by atoms with Gasteiger partial charge in [0.05, 0.1) is 13.2 Å². The lowest BCUT2D eigenvalue weighted by molar-refractivity contribution is 0.130. The molecule has 3 nitrogen and oxygen atoms in total. The van der Waals surface area contributed by atoms with E-state index in [9.17, 15) is 9.50 Å². The third kappa shape index (κ3) is 3.68. The monoisotopic (exact) mass is 255 g/mol. The Hall–Kier alpha value is -1.13. The Kier molecular flexibility index (Phi) is 4.71.